The summed E-state index contributed by atoms with van der Waals surface area (Å²) >= 11 is 6.24. The Labute approximate surface area is 158 Å². The van der Waals surface area contributed by atoms with Gasteiger partial charge < -0.3 is 20.1 Å². The van der Waals surface area contributed by atoms with E-state index in [9.17, 15) is 14.4 Å². The number of carbonyl (C=O) groups is 2. The van der Waals surface area contributed by atoms with Gasteiger partial charge in [-0.1, -0.05) is 24.2 Å². The Kier molecular flexibility index (Phi) is 5.43. The van der Waals surface area contributed by atoms with Gasteiger partial charge in [0.1, 0.15) is 23.3 Å². The number of amides is 2. The number of nitrogens with zero attached hydrogens (tertiary/aromatic N) is 2. The van der Waals surface area contributed by atoms with Crippen LogP contribution in [0, 0.1) is 5.92 Å². The average molecular weight is 393 g/mol. The van der Waals surface area contributed by atoms with Crippen molar-refractivity contribution in [1.29, 1.82) is 0 Å². The minimum Gasteiger partial charge on any atom is -0.463 e. The summed E-state index contributed by atoms with van der Waals surface area (Å²) in [4.78, 5) is 41.6. The van der Waals surface area contributed by atoms with E-state index in [4.69, 9.17) is 21.1 Å². The summed E-state index contributed by atoms with van der Waals surface area (Å²) in [6.07, 6.45) is 1.52. The molecule has 27 heavy (non-hydrogen) atoms. The smallest absolute Gasteiger partial charge is 0.319 e. The van der Waals surface area contributed by atoms with Gasteiger partial charge in [-0.25, -0.2) is 9.78 Å². The molecule has 142 valence electrons. The van der Waals surface area contributed by atoms with Gasteiger partial charge in [0.2, 0.25) is 0 Å². The summed E-state index contributed by atoms with van der Waals surface area (Å²) in [5, 5.41) is 4.87. The van der Waals surface area contributed by atoms with E-state index in [0.29, 0.717) is 5.65 Å². The minimum absolute atomic E-state index is 0.0163. The maximum atomic E-state index is 13.0. The van der Waals surface area contributed by atoms with Crippen molar-refractivity contribution in [3.8, 4) is 0 Å². The standard InChI is InChI=1S/C17H17ClN4O5/c1-9-11(16(24)27-8-7-26-2)13(21-17(25)19-9)12-14(18)20-10-5-3-4-6-22(10)15(12)23/h3-6,11,13H,1,7-8H2,2H3,(H2,19,21,25)/t11-,13-/m1/s1. The van der Waals surface area contributed by atoms with Gasteiger partial charge in [-0.05, 0) is 12.1 Å². The van der Waals surface area contributed by atoms with Crippen molar-refractivity contribution in [3.05, 3.63) is 57.7 Å². The fourth-order valence-corrected chi connectivity index (χ4v) is 3.14. The molecule has 3 heterocycles. The number of fused-ring (bicyclic) bond motifs is 1. The zero-order chi connectivity index (χ0) is 19.6. The molecule has 2 aromatic rings. The van der Waals surface area contributed by atoms with Gasteiger partial charge >= 0.3 is 12.0 Å². The Hall–Kier alpha value is -2.91. The number of urea groups is 1. The van der Waals surface area contributed by atoms with Gasteiger partial charge in [0.25, 0.3) is 5.56 Å². The molecule has 1 saturated heterocycles. The van der Waals surface area contributed by atoms with Crippen molar-refractivity contribution in [2.24, 2.45) is 5.92 Å². The van der Waals surface area contributed by atoms with Crippen LogP contribution in [0.4, 0.5) is 4.79 Å². The van der Waals surface area contributed by atoms with Crippen molar-refractivity contribution in [2.45, 2.75) is 6.04 Å². The Morgan fingerprint density at radius 3 is 2.89 bits per heavy atom. The molecule has 0 radical (unpaired) electrons. The Morgan fingerprint density at radius 2 is 2.15 bits per heavy atom. The maximum absolute atomic E-state index is 13.0. The monoisotopic (exact) mass is 392 g/mol. The highest BCUT2D eigenvalue weighted by Gasteiger charge is 2.41. The molecule has 2 N–H and O–H groups in total. The normalized spacial score (nSPS) is 19.5. The number of nitrogens with one attached hydrogen (secondary N) is 2. The average Bonchev–Trinajstić information content (AvgIpc) is 2.61. The summed E-state index contributed by atoms with van der Waals surface area (Å²) in [5.41, 5.74) is -0.0836. The van der Waals surface area contributed by atoms with E-state index in [2.05, 4.69) is 22.2 Å². The molecule has 1 aliphatic rings. The van der Waals surface area contributed by atoms with Crippen LogP contribution < -0.4 is 16.2 Å². The summed E-state index contributed by atoms with van der Waals surface area (Å²) in [5.74, 6) is -1.74. The molecule has 2 atom stereocenters. The third-order valence-corrected chi connectivity index (χ3v) is 4.38. The van der Waals surface area contributed by atoms with Crippen LogP contribution in [0.5, 0.6) is 0 Å². The number of aromatic nitrogens is 2. The Bertz CT molecular complexity index is 973. The third-order valence-electron chi connectivity index (χ3n) is 4.09. The third kappa shape index (κ3) is 3.64. The minimum atomic E-state index is -1.08. The lowest BCUT2D eigenvalue weighted by Gasteiger charge is -2.33. The van der Waals surface area contributed by atoms with Crippen molar-refractivity contribution < 1.29 is 19.1 Å². The quantitative estimate of drug-likeness (QED) is 0.446. The molecule has 3 rings (SSSR count). The van der Waals surface area contributed by atoms with Gasteiger partial charge in [-0.2, -0.15) is 0 Å². The van der Waals surface area contributed by atoms with Crippen molar-refractivity contribution in [1.82, 2.24) is 20.0 Å². The van der Waals surface area contributed by atoms with Gasteiger partial charge in [-0.3, -0.25) is 14.0 Å². The predicted octanol–water partition coefficient (Wildman–Crippen LogP) is 1.02. The van der Waals surface area contributed by atoms with Crippen LogP contribution in [-0.4, -0.2) is 41.7 Å². The van der Waals surface area contributed by atoms with E-state index in [1.807, 2.05) is 0 Å². The molecule has 0 unspecified atom stereocenters. The molecule has 2 aromatic heterocycles. The molecule has 1 fully saturated rings. The van der Waals surface area contributed by atoms with Crippen molar-refractivity contribution in [2.75, 3.05) is 20.3 Å². The highest BCUT2D eigenvalue weighted by molar-refractivity contribution is 6.30. The molecule has 10 heteroatoms. The van der Waals surface area contributed by atoms with Crippen LogP contribution in [0.2, 0.25) is 5.15 Å². The number of carbonyl (C=O) groups excluding carboxylic acids is 2. The first kappa shape index (κ1) is 18.9. The Morgan fingerprint density at radius 1 is 1.37 bits per heavy atom. The number of methoxy groups -OCH3 is 1. The second-order valence-electron chi connectivity index (χ2n) is 5.79. The van der Waals surface area contributed by atoms with E-state index in [0.717, 1.165) is 0 Å². The molecular weight excluding hydrogens is 376 g/mol. The van der Waals surface area contributed by atoms with Crippen LogP contribution in [0.1, 0.15) is 11.6 Å². The fraction of sp³-hybridized carbons (Fsp3) is 0.294. The number of rotatable bonds is 5. The number of pyridine rings is 1. The number of hydrogen-bond donors (Lipinski definition) is 2. The van der Waals surface area contributed by atoms with Crippen LogP contribution in [0.3, 0.4) is 0 Å². The fourth-order valence-electron chi connectivity index (χ4n) is 2.86. The van der Waals surface area contributed by atoms with E-state index >= 15 is 0 Å². The molecule has 0 saturated carbocycles. The largest absolute Gasteiger partial charge is 0.463 e. The summed E-state index contributed by atoms with van der Waals surface area (Å²) in [7, 11) is 1.47. The lowest BCUT2D eigenvalue weighted by atomic mass is 9.90. The predicted molar refractivity (Wildman–Crippen MR) is 96.3 cm³/mol. The number of ether oxygens (including phenoxy) is 2. The Balaban J connectivity index is 2.07. The first-order chi connectivity index (χ1) is 12.9. The zero-order valence-corrected chi connectivity index (χ0v) is 15.2. The molecule has 0 aromatic carbocycles. The zero-order valence-electron chi connectivity index (χ0n) is 14.4. The van der Waals surface area contributed by atoms with Crippen LogP contribution in [0.25, 0.3) is 5.65 Å². The van der Waals surface area contributed by atoms with Crippen LogP contribution in [-0.2, 0) is 14.3 Å². The topological polar surface area (TPSA) is 111 Å². The molecular formula is C17H17ClN4O5. The lowest BCUT2D eigenvalue weighted by Crippen LogP contribution is -2.52. The second-order valence-corrected chi connectivity index (χ2v) is 6.15. The number of halogens is 1. The molecule has 0 aliphatic carbocycles. The van der Waals surface area contributed by atoms with Gasteiger partial charge in [0, 0.05) is 19.0 Å². The van der Waals surface area contributed by atoms with E-state index in [1.54, 1.807) is 18.2 Å². The first-order valence-electron chi connectivity index (χ1n) is 8.02. The molecule has 0 bridgehead atoms. The van der Waals surface area contributed by atoms with Crippen LogP contribution in [0.15, 0.2) is 41.5 Å². The summed E-state index contributed by atoms with van der Waals surface area (Å²) < 4.78 is 11.3. The first-order valence-corrected chi connectivity index (χ1v) is 8.40. The van der Waals surface area contributed by atoms with E-state index in [1.165, 1.54) is 17.7 Å². The summed E-state index contributed by atoms with van der Waals surface area (Å²) in [6, 6.07) is 3.30. The molecule has 1 aliphatic heterocycles. The maximum Gasteiger partial charge on any atom is 0.319 e. The van der Waals surface area contributed by atoms with Crippen molar-refractivity contribution in [3.63, 3.8) is 0 Å². The van der Waals surface area contributed by atoms with Crippen molar-refractivity contribution >= 4 is 29.2 Å². The highest BCUT2D eigenvalue weighted by Crippen LogP contribution is 2.31. The molecule has 2 amide bonds. The van der Waals surface area contributed by atoms with E-state index in [-0.39, 0.29) is 29.6 Å². The second kappa shape index (κ2) is 7.77. The highest BCUT2D eigenvalue weighted by atomic mass is 35.5. The van der Waals surface area contributed by atoms with Gasteiger partial charge in [-0.15, -0.1) is 0 Å². The number of hydrogen-bond acceptors (Lipinski definition) is 6. The van der Waals surface area contributed by atoms with Gasteiger partial charge in [0.15, 0.2) is 0 Å². The van der Waals surface area contributed by atoms with Gasteiger partial charge in [0.05, 0.1) is 18.2 Å². The SMILES string of the molecule is C=C1NC(=O)N[C@@H](c2c(Cl)nc3ccccn3c2=O)[C@@H]1C(=O)OCCOC. The lowest BCUT2D eigenvalue weighted by molar-refractivity contribution is -0.149. The van der Waals surface area contributed by atoms with E-state index < -0.39 is 29.5 Å². The molecule has 9 nitrogen and oxygen atoms in total. The number of esters is 1. The summed E-state index contributed by atoms with van der Waals surface area (Å²) in [6.45, 7) is 3.94. The van der Waals surface area contributed by atoms with Crippen LogP contribution >= 0.6 is 11.6 Å². The molecule has 0 spiro atoms.